The van der Waals surface area contributed by atoms with E-state index in [1.807, 2.05) is 31.2 Å². The number of aliphatic carboxylic acids is 1. The van der Waals surface area contributed by atoms with E-state index in [1.54, 1.807) is 4.90 Å². The Morgan fingerprint density at radius 1 is 1.15 bits per heavy atom. The molecule has 7 nitrogen and oxygen atoms in total. The van der Waals surface area contributed by atoms with Crippen molar-refractivity contribution in [2.75, 3.05) is 31.1 Å². The summed E-state index contributed by atoms with van der Waals surface area (Å²) in [6.07, 6.45) is 2.12. The van der Waals surface area contributed by atoms with E-state index >= 15 is 0 Å². The van der Waals surface area contributed by atoms with Crippen molar-refractivity contribution in [3.8, 4) is 0 Å². The Hall–Kier alpha value is -2.57. The van der Waals surface area contributed by atoms with Crippen LogP contribution < -0.4 is 4.90 Å². The van der Waals surface area contributed by atoms with Gasteiger partial charge in [0.1, 0.15) is 5.52 Å². The summed E-state index contributed by atoms with van der Waals surface area (Å²) >= 11 is 0. The maximum Gasteiger partial charge on any atom is 0.308 e. The lowest BCUT2D eigenvalue weighted by Crippen LogP contribution is -2.49. The summed E-state index contributed by atoms with van der Waals surface area (Å²) in [5.74, 6) is -0.971. The number of likely N-dealkylation sites (tertiary alicyclic amines) is 1. The van der Waals surface area contributed by atoms with Crippen LogP contribution in [0.5, 0.6) is 0 Å². The number of carbonyl (C=O) groups excluding carboxylic acids is 1. The fourth-order valence-corrected chi connectivity index (χ4v) is 4.28. The van der Waals surface area contributed by atoms with Crippen LogP contribution in [0, 0.1) is 17.8 Å². The average molecular weight is 371 g/mol. The number of oxazole rings is 1. The molecule has 1 aromatic heterocycles. The Labute approximate surface area is 157 Å². The van der Waals surface area contributed by atoms with Crippen LogP contribution in [0.1, 0.15) is 26.2 Å². The molecule has 1 N–H and O–H groups in total. The number of nitrogens with zero attached hydrogens (tertiary/aromatic N) is 3. The van der Waals surface area contributed by atoms with E-state index in [1.165, 1.54) is 0 Å². The molecule has 2 aliphatic rings. The van der Waals surface area contributed by atoms with Gasteiger partial charge in [0, 0.05) is 32.1 Å². The second-order valence-corrected chi connectivity index (χ2v) is 7.84. The number of piperidine rings is 2. The number of para-hydroxylation sites is 2. The minimum Gasteiger partial charge on any atom is -0.481 e. The Morgan fingerprint density at radius 2 is 1.89 bits per heavy atom. The number of carbonyl (C=O) groups is 2. The molecule has 4 rings (SSSR count). The van der Waals surface area contributed by atoms with E-state index in [9.17, 15) is 14.7 Å². The number of carboxylic acid groups (broad SMARTS) is 1. The molecule has 27 heavy (non-hydrogen) atoms. The summed E-state index contributed by atoms with van der Waals surface area (Å²) in [7, 11) is 0. The molecule has 2 fully saturated rings. The highest BCUT2D eigenvalue weighted by Gasteiger charge is 2.36. The molecule has 0 bridgehead atoms. The smallest absolute Gasteiger partial charge is 0.308 e. The van der Waals surface area contributed by atoms with Gasteiger partial charge in [-0.2, -0.15) is 4.98 Å². The highest BCUT2D eigenvalue weighted by atomic mass is 16.4. The number of amides is 1. The predicted molar refractivity (Wildman–Crippen MR) is 100 cm³/mol. The minimum absolute atomic E-state index is 0.0506. The van der Waals surface area contributed by atoms with Crippen LogP contribution in [-0.2, 0) is 9.59 Å². The predicted octanol–water partition coefficient (Wildman–Crippen LogP) is 2.61. The van der Waals surface area contributed by atoms with Crippen molar-refractivity contribution in [1.82, 2.24) is 9.88 Å². The molecule has 1 aromatic carbocycles. The zero-order chi connectivity index (χ0) is 19.0. The highest BCUT2D eigenvalue weighted by Crippen LogP contribution is 2.29. The number of carboxylic acids is 1. The van der Waals surface area contributed by atoms with Crippen molar-refractivity contribution >= 4 is 29.0 Å². The molecular weight excluding hydrogens is 346 g/mol. The minimum atomic E-state index is -0.801. The topological polar surface area (TPSA) is 86.9 Å². The van der Waals surface area contributed by atoms with Crippen molar-refractivity contribution in [2.24, 2.45) is 17.8 Å². The van der Waals surface area contributed by atoms with Gasteiger partial charge >= 0.3 is 5.97 Å². The fourth-order valence-electron chi connectivity index (χ4n) is 4.28. The van der Waals surface area contributed by atoms with Gasteiger partial charge in [-0.15, -0.1) is 0 Å². The molecule has 2 atom stereocenters. The van der Waals surface area contributed by atoms with Crippen LogP contribution in [0.4, 0.5) is 6.01 Å². The van der Waals surface area contributed by atoms with Gasteiger partial charge in [-0.1, -0.05) is 19.1 Å². The number of fused-ring (bicyclic) bond motifs is 1. The van der Waals surface area contributed by atoms with E-state index in [0.717, 1.165) is 37.0 Å². The molecule has 2 unspecified atom stereocenters. The van der Waals surface area contributed by atoms with E-state index in [2.05, 4.69) is 9.88 Å². The fraction of sp³-hybridized carbons (Fsp3) is 0.550. The molecule has 0 saturated carbocycles. The summed E-state index contributed by atoms with van der Waals surface area (Å²) in [6, 6.07) is 8.29. The Balaban J connectivity index is 1.38. The first-order chi connectivity index (χ1) is 13.0. The molecule has 0 spiro atoms. The Morgan fingerprint density at radius 3 is 2.59 bits per heavy atom. The molecule has 3 heterocycles. The monoisotopic (exact) mass is 371 g/mol. The SMILES string of the molecule is CC1CC(C(=O)O)CN(C(=O)C2CCN(c3nc4ccccc4o3)CC2)C1. The third-order valence-corrected chi connectivity index (χ3v) is 5.72. The van der Waals surface area contributed by atoms with Crippen LogP contribution in [0.25, 0.3) is 11.1 Å². The summed E-state index contributed by atoms with van der Waals surface area (Å²) in [4.78, 5) is 32.7. The Kier molecular flexibility index (Phi) is 4.76. The second kappa shape index (κ2) is 7.21. The average Bonchev–Trinajstić information content (AvgIpc) is 3.11. The first kappa shape index (κ1) is 17.8. The van der Waals surface area contributed by atoms with E-state index < -0.39 is 11.9 Å². The van der Waals surface area contributed by atoms with Crippen molar-refractivity contribution in [3.05, 3.63) is 24.3 Å². The summed E-state index contributed by atoms with van der Waals surface area (Å²) in [6.45, 7) is 4.45. The van der Waals surface area contributed by atoms with Gasteiger partial charge in [0.15, 0.2) is 5.58 Å². The standard InChI is InChI=1S/C20H25N3O4/c1-13-10-15(19(25)26)12-23(11-13)18(24)14-6-8-22(9-7-14)20-21-16-4-2-3-5-17(16)27-20/h2-5,13-15H,6-12H2,1H3,(H,25,26). The lowest BCUT2D eigenvalue weighted by molar-refractivity contribution is -0.148. The normalized spacial score (nSPS) is 24.3. The van der Waals surface area contributed by atoms with Gasteiger partial charge in [0.05, 0.1) is 5.92 Å². The molecule has 7 heteroatoms. The molecule has 0 radical (unpaired) electrons. The van der Waals surface area contributed by atoms with Crippen LogP contribution in [0.2, 0.25) is 0 Å². The summed E-state index contributed by atoms with van der Waals surface area (Å²) in [5.41, 5.74) is 1.61. The van der Waals surface area contributed by atoms with E-state index in [0.29, 0.717) is 25.5 Å². The number of rotatable bonds is 3. The molecule has 0 aliphatic carbocycles. The molecule has 1 amide bonds. The van der Waals surface area contributed by atoms with Crippen molar-refractivity contribution in [3.63, 3.8) is 0 Å². The number of aromatic nitrogens is 1. The van der Waals surface area contributed by atoms with Crippen molar-refractivity contribution < 1.29 is 19.1 Å². The first-order valence-electron chi connectivity index (χ1n) is 9.63. The van der Waals surface area contributed by atoms with Gasteiger partial charge in [-0.25, -0.2) is 0 Å². The van der Waals surface area contributed by atoms with Crippen LogP contribution in [0.15, 0.2) is 28.7 Å². The first-order valence-corrected chi connectivity index (χ1v) is 9.63. The number of hydrogen-bond acceptors (Lipinski definition) is 5. The van der Waals surface area contributed by atoms with Gasteiger partial charge in [0.2, 0.25) is 5.91 Å². The maximum absolute atomic E-state index is 12.9. The molecule has 2 aromatic rings. The largest absolute Gasteiger partial charge is 0.481 e. The van der Waals surface area contributed by atoms with Crippen molar-refractivity contribution in [2.45, 2.75) is 26.2 Å². The van der Waals surface area contributed by atoms with Gasteiger partial charge in [-0.3, -0.25) is 9.59 Å². The van der Waals surface area contributed by atoms with Gasteiger partial charge in [-0.05, 0) is 37.3 Å². The zero-order valence-electron chi connectivity index (χ0n) is 15.5. The molecular formula is C20H25N3O4. The van der Waals surface area contributed by atoms with E-state index in [-0.39, 0.29) is 17.7 Å². The van der Waals surface area contributed by atoms with Gasteiger partial charge < -0.3 is 19.3 Å². The molecule has 144 valence electrons. The third kappa shape index (κ3) is 3.63. The molecule has 2 saturated heterocycles. The lowest BCUT2D eigenvalue weighted by Gasteiger charge is -2.38. The zero-order valence-corrected chi connectivity index (χ0v) is 15.5. The number of hydrogen-bond donors (Lipinski definition) is 1. The lowest BCUT2D eigenvalue weighted by atomic mass is 9.88. The summed E-state index contributed by atoms with van der Waals surface area (Å²) in [5, 5.41) is 9.32. The number of benzene rings is 1. The van der Waals surface area contributed by atoms with Crippen LogP contribution in [0.3, 0.4) is 0 Å². The van der Waals surface area contributed by atoms with E-state index in [4.69, 9.17) is 4.42 Å². The Bertz CT molecular complexity index is 808. The van der Waals surface area contributed by atoms with Crippen LogP contribution in [-0.4, -0.2) is 53.0 Å². The third-order valence-electron chi connectivity index (χ3n) is 5.72. The maximum atomic E-state index is 12.9. The molecule has 2 aliphatic heterocycles. The van der Waals surface area contributed by atoms with Crippen molar-refractivity contribution in [1.29, 1.82) is 0 Å². The number of anilines is 1. The van der Waals surface area contributed by atoms with Gasteiger partial charge in [0.25, 0.3) is 6.01 Å². The summed E-state index contributed by atoms with van der Waals surface area (Å²) < 4.78 is 5.83. The quantitative estimate of drug-likeness (QED) is 0.892. The van der Waals surface area contributed by atoms with Crippen LogP contribution >= 0.6 is 0 Å². The highest BCUT2D eigenvalue weighted by molar-refractivity contribution is 5.80. The second-order valence-electron chi connectivity index (χ2n) is 7.84.